The van der Waals surface area contributed by atoms with E-state index in [4.69, 9.17) is 0 Å². The Labute approximate surface area is 416 Å². The zero-order valence-electron chi connectivity index (χ0n) is 43.9. The molecule has 0 N–H and O–H groups in total. The molecule has 2 aliphatic rings. The third-order valence-corrected chi connectivity index (χ3v) is 18.9. The minimum atomic E-state index is -3.75. The molecule has 7 rings (SSSR count). The van der Waals surface area contributed by atoms with Crippen molar-refractivity contribution in [2.75, 3.05) is 5.75 Å². The van der Waals surface area contributed by atoms with Gasteiger partial charge in [-0.15, -0.1) is 0 Å². The van der Waals surface area contributed by atoms with E-state index in [2.05, 4.69) is 144 Å². The number of sulfone groups is 2. The summed E-state index contributed by atoms with van der Waals surface area (Å²) < 4.78 is 52.3. The summed E-state index contributed by atoms with van der Waals surface area (Å²) in [5.74, 6) is 0.146. The first-order valence-electron chi connectivity index (χ1n) is 25.3. The summed E-state index contributed by atoms with van der Waals surface area (Å²) in [6.45, 7) is 29.3. The van der Waals surface area contributed by atoms with E-state index in [9.17, 15) is 21.6 Å². The topological polar surface area (TPSA) is 85.3 Å². The highest BCUT2D eigenvalue weighted by atomic mass is 32.2. The second-order valence-electron chi connectivity index (χ2n) is 22.5. The SMILES string of the molecule is CCCS(=O)(=O)c1ccc(C=O)cc1.CCCc1cc(C=C(C)c2ccc3c(c2)C(C)(C)CCC3(C)C)ccc1S(=O)(=O)c1ccc(C=C(C)c2ccc3c(c2)C(C)(C)CCC3(C)C)cc1CCC. The normalized spacial score (nSPS) is 17.2. The van der Waals surface area contributed by atoms with Crippen LogP contribution < -0.4 is 0 Å². The Morgan fingerprint density at radius 3 is 1.22 bits per heavy atom. The number of fused-ring (bicyclic) bond motifs is 2. The molecule has 0 heterocycles. The van der Waals surface area contributed by atoms with Gasteiger partial charge >= 0.3 is 0 Å². The summed E-state index contributed by atoms with van der Waals surface area (Å²) in [5.41, 5.74) is 15.7. The first-order valence-corrected chi connectivity index (χ1v) is 28.4. The van der Waals surface area contributed by atoms with Gasteiger partial charge in [0.2, 0.25) is 9.84 Å². The predicted octanol–water partition coefficient (Wildman–Crippen LogP) is 15.9. The fraction of sp³-hybridized carbons (Fsp3) is 0.435. The van der Waals surface area contributed by atoms with Gasteiger partial charge in [0.15, 0.2) is 9.84 Å². The van der Waals surface area contributed by atoms with Gasteiger partial charge in [0, 0.05) is 5.56 Å². The van der Waals surface area contributed by atoms with Crippen molar-refractivity contribution < 1.29 is 21.6 Å². The van der Waals surface area contributed by atoms with Gasteiger partial charge in [-0.2, -0.15) is 0 Å². The monoisotopic (exact) mass is 967 g/mol. The Balaban J connectivity index is 0.000000480. The molecule has 5 nitrogen and oxygen atoms in total. The van der Waals surface area contributed by atoms with E-state index in [1.807, 2.05) is 31.2 Å². The molecule has 368 valence electrons. The maximum atomic E-state index is 14.6. The van der Waals surface area contributed by atoms with E-state index in [0.717, 1.165) is 35.1 Å². The van der Waals surface area contributed by atoms with Gasteiger partial charge in [0.1, 0.15) is 6.29 Å². The minimum Gasteiger partial charge on any atom is -0.298 e. The first kappa shape index (κ1) is 53.5. The van der Waals surface area contributed by atoms with Gasteiger partial charge in [-0.25, -0.2) is 16.8 Å². The van der Waals surface area contributed by atoms with Gasteiger partial charge in [0.05, 0.1) is 20.4 Å². The molecule has 0 saturated heterocycles. The Bertz CT molecular complexity index is 2820. The molecule has 0 amide bonds. The van der Waals surface area contributed by atoms with Crippen molar-refractivity contribution in [1.29, 1.82) is 0 Å². The van der Waals surface area contributed by atoms with Crippen LogP contribution in [0.3, 0.4) is 0 Å². The molecular formula is C62H78O5S2. The third kappa shape index (κ3) is 11.9. The number of carbonyl (C=O) groups is 1. The van der Waals surface area contributed by atoms with Crippen molar-refractivity contribution in [2.45, 2.75) is 184 Å². The lowest BCUT2D eigenvalue weighted by molar-refractivity contribution is 0.112. The number of benzene rings is 5. The number of aldehydes is 1. The van der Waals surface area contributed by atoms with Crippen molar-refractivity contribution in [2.24, 2.45) is 0 Å². The van der Waals surface area contributed by atoms with Crippen molar-refractivity contribution >= 4 is 49.3 Å². The molecule has 0 unspecified atom stereocenters. The first-order chi connectivity index (χ1) is 32.3. The Hall–Kier alpha value is -4.85. The third-order valence-electron chi connectivity index (χ3n) is 15.0. The van der Waals surface area contributed by atoms with Crippen LogP contribution in [0.4, 0.5) is 0 Å². The summed E-state index contributed by atoms with van der Waals surface area (Å²) in [6, 6.07) is 31.9. The molecule has 2 aliphatic carbocycles. The second-order valence-corrected chi connectivity index (χ2v) is 26.5. The fourth-order valence-electron chi connectivity index (χ4n) is 10.4. The van der Waals surface area contributed by atoms with Crippen LogP contribution in [0, 0.1) is 0 Å². The molecule has 7 heteroatoms. The number of aryl methyl sites for hydroxylation is 2. The number of hydrogen-bond acceptors (Lipinski definition) is 5. The summed E-state index contributed by atoms with van der Waals surface area (Å²) >= 11 is 0. The molecule has 0 spiro atoms. The standard InChI is InChI=1S/C52H66O2S.C10H12O3S/c1-13-15-41-31-37(29-35(3)39-19-21-43-45(33-39)51(9,10)27-25-49(43,5)6)17-23-47(41)55(53,54)48-24-18-38(32-42(48)16-14-2)30-36(4)40-20-22-44-46(34-40)52(11,12)28-26-50(44,7)8;1-2-7-14(12,13)10-5-3-9(8-11)4-6-10/h17-24,29-34H,13-16,25-28H2,1-12H3;3-6,8H,2,7H2,1H3. The fourth-order valence-corrected chi connectivity index (χ4v) is 13.5. The van der Waals surface area contributed by atoms with Crippen LogP contribution in [0.25, 0.3) is 23.3 Å². The second kappa shape index (κ2) is 20.9. The molecule has 0 atom stereocenters. The largest absolute Gasteiger partial charge is 0.298 e. The molecule has 0 aliphatic heterocycles. The maximum Gasteiger partial charge on any atom is 0.207 e. The molecule has 0 aromatic heterocycles. The lowest BCUT2D eigenvalue weighted by atomic mass is 9.63. The van der Waals surface area contributed by atoms with Crippen LogP contribution in [0.5, 0.6) is 0 Å². The highest BCUT2D eigenvalue weighted by Crippen LogP contribution is 2.48. The van der Waals surface area contributed by atoms with Crippen LogP contribution >= 0.6 is 0 Å². The zero-order valence-corrected chi connectivity index (χ0v) is 45.5. The van der Waals surface area contributed by atoms with E-state index in [0.29, 0.717) is 40.9 Å². The molecule has 5 aromatic rings. The summed E-state index contributed by atoms with van der Waals surface area (Å²) in [6.07, 6.45) is 13.6. The quantitative estimate of drug-likeness (QED) is 0.0817. The molecule has 0 fully saturated rings. The van der Waals surface area contributed by atoms with E-state index < -0.39 is 19.7 Å². The zero-order chi connectivity index (χ0) is 50.7. The maximum absolute atomic E-state index is 14.6. The average Bonchev–Trinajstić information content (AvgIpc) is 3.30. The molecular weight excluding hydrogens is 889 g/mol. The summed E-state index contributed by atoms with van der Waals surface area (Å²) in [5, 5.41) is 0. The van der Waals surface area contributed by atoms with Crippen LogP contribution in [-0.4, -0.2) is 28.9 Å². The molecule has 0 saturated carbocycles. The van der Waals surface area contributed by atoms with Gasteiger partial charge < -0.3 is 0 Å². The summed E-state index contributed by atoms with van der Waals surface area (Å²) in [4.78, 5) is 11.5. The molecule has 5 aromatic carbocycles. The lowest BCUT2D eigenvalue weighted by Crippen LogP contribution is -2.33. The van der Waals surface area contributed by atoms with Crippen LogP contribution in [0.15, 0.2) is 112 Å². The molecule has 69 heavy (non-hydrogen) atoms. The number of rotatable bonds is 14. The average molecular weight is 967 g/mol. The number of allylic oxidation sites excluding steroid dienone is 2. The minimum absolute atomic E-state index is 0.145. The van der Waals surface area contributed by atoms with Gasteiger partial charge in [-0.05, 0) is 171 Å². The van der Waals surface area contributed by atoms with E-state index in [-0.39, 0.29) is 32.3 Å². The highest BCUT2D eigenvalue weighted by Gasteiger charge is 2.38. The molecule has 0 bridgehead atoms. The van der Waals surface area contributed by atoms with Crippen LogP contribution in [-0.2, 0) is 54.2 Å². The van der Waals surface area contributed by atoms with Crippen molar-refractivity contribution in [3.8, 4) is 0 Å². The van der Waals surface area contributed by atoms with Crippen molar-refractivity contribution in [3.05, 3.63) is 158 Å². The van der Waals surface area contributed by atoms with E-state index in [1.165, 1.54) is 94.5 Å². The van der Waals surface area contributed by atoms with Crippen LogP contribution in [0.1, 0.15) is 201 Å². The lowest BCUT2D eigenvalue weighted by Gasteiger charge is -2.42. The smallest absolute Gasteiger partial charge is 0.207 e. The Morgan fingerprint density at radius 2 is 0.855 bits per heavy atom. The Kier molecular flexibility index (Phi) is 16.2. The van der Waals surface area contributed by atoms with Gasteiger partial charge in [0.25, 0.3) is 0 Å². The summed E-state index contributed by atoms with van der Waals surface area (Å²) in [7, 11) is -6.90. The highest BCUT2D eigenvalue weighted by molar-refractivity contribution is 7.91. The van der Waals surface area contributed by atoms with Crippen molar-refractivity contribution in [3.63, 3.8) is 0 Å². The van der Waals surface area contributed by atoms with Gasteiger partial charge in [-0.3, -0.25) is 4.79 Å². The number of hydrogen-bond donors (Lipinski definition) is 0. The van der Waals surface area contributed by atoms with Gasteiger partial charge in [-0.1, -0.05) is 174 Å². The molecule has 0 radical (unpaired) electrons. The number of carbonyl (C=O) groups excluding carboxylic acids is 1. The van der Waals surface area contributed by atoms with Crippen LogP contribution in [0.2, 0.25) is 0 Å². The predicted molar refractivity (Wildman–Crippen MR) is 291 cm³/mol. The van der Waals surface area contributed by atoms with E-state index in [1.54, 1.807) is 0 Å². The van der Waals surface area contributed by atoms with E-state index >= 15 is 0 Å². The van der Waals surface area contributed by atoms with Crippen molar-refractivity contribution in [1.82, 2.24) is 0 Å². The Morgan fingerprint density at radius 1 is 0.478 bits per heavy atom.